The lowest BCUT2D eigenvalue weighted by Crippen LogP contribution is -2.45. The number of carbonyl (C=O) groups is 1. The average molecular weight is 412 g/mol. The molecule has 4 rings (SSSR count). The van der Waals surface area contributed by atoms with Gasteiger partial charge in [0.15, 0.2) is 5.82 Å². The fourth-order valence-corrected chi connectivity index (χ4v) is 3.67. The van der Waals surface area contributed by atoms with Crippen molar-refractivity contribution < 1.29 is 14.3 Å². The molecule has 2 aromatic heterocycles. The van der Waals surface area contributed by atoms with Crippen molar-refractivity contribution in [1.29, 1.82) is 0 Å². The molecule has 1 saturated heterocycles. The molecule has 1 aliphatic carbocycles. The Balaban J connectivity index is 1.60. The molecule has 30 heavy (non-hydrogen) atoms. The highest BCUT2D eigenvalue weighted by molar-refractivity contribution is 5.82. The number of hydrogen-bond acceptors (Lipinski definition) is 7. The van der Waals surface area contributed by atoms with Crippen LogP contribution in [-0.4, -0.2) is 59.3 Å². The molecule has 0 aromatic carbocycles. The maximum absolute atomic E-state index is 12.4. The van der Waals surface area contributed by atoms with Crippen LogP contribution < -0.4 is 15.0 Å². The van der Waals surface area contributed by atoms with E-state index in [0.717, 1.165) is 42.1 Å². The molecular weight excluding hydrogens is 382 g/mol. The van der Waals surface area contributed by atoms with Gasteiger partial charge in [-0.1, -0.05) is 0 Å². The summed E-state index contributed by atoms with van der Waals surface area (Å²) in [6.45, 7) is 7.38. The van der Waals surface area contributed by atoms with Crippen molar-refractivity contribution in [2.45, 2.75) is 51.7 Å². The van der Waals surface area contributed by atoms with Crippen LogP contribution in [0.2, 0.25) is 0 Å². The standard InChI is InChI=1S/C22H29N5O3/c1-22(2,3)26-19(28)11-27(4)21-16-6-5-7-17(16)24-20(25-21)18-10-14(8-9-23-18)30-15-12-29-13-15/h8-10,15H,5-7,11-13H2,1-4H3,(H,26,28). The molecule has 160 valence electrons. The maximum Gasteiger partial charge on any atom is 0.239 e. The maximum atomic E-state index is 12.4. The third-order valence-corrected chi connectivity index (χ3v) is 5.04. The lowest BCUT2D eigenvalue weighted by atomic mass is 10.1. The summed E-state index contributed by atoms with van der Waals surface area (Å²) in [5.41, 5.74) is 2.56. The van der Waals surface area contributed by atoms with Gasteiger partial charge in [0.25, 0.3) is 0 Å². The van der Waals surface area contributed by atoms with Gasteiger partial charge in [-0.3, -0.25) is 9.78 Å². The van der Waals surface area contributed by atoms with Gasteiger partial charge in [0, 0.05) is 36.1 Å². The van der Waals surface area contributed by atoms with Crippen LogP contribution in [0.15, 0.2) is 18.3 Å². The summed E-state index contributed by atoms with van der Waals surface area (Å²) in [7, 11) is 1.90. The summed E-state index contributed by atoms with van der Waals surface area (Å²) in [4.78, 5) is 28.4. The smallest absolute Gasteiger partial charge is 0.239 e. The fraction of sp³-hybridized carbons (Fsp3) is 0.545. The van der Waals surface area contributed by atoms with Crippen LogP contribution in [0, 0.1) is 0 Å². The highest BCUT2D eigenvalue weighted by atomic mass is 16.6. The summed E-state index contributed by atoms with van der Waals surface area (Å²) in [5.74, 6) is 2.06. The first-order chi connectivity index (χ1) is 14.3. The number of amides is 1. The van der Waals surface area contributed by atoms with Gasteiger partial charge in [0.05, 0.1) is 19.8 Å². The van der Waals surface area contributed by atoms with Crippen LogP contribution in [0.1, 0.15) is 38.4 Å². The summed E-state index contributed by atoms with van der Waals surface area (Å²) < 4.78 is 11.1. The van der Waals surface area contributed by atoms with Gasteiger partial charge in [0.1, 0.15) is 23.4 Å². The molecular formula is C22H29N5O3. The third kappa shape index (κ3) is 4.70. The van der Waals surface area contributed by atoms with E-state index in [2.05, 4.69) is 10.3 Å². The molecule has 2 aliphatic rings. The lowest BCUT2D eigenvalue weighted by Gasteiger charge is -2.26. The average Bonchev–Trinajstić information content (AvgIpc) is 3.11. The number of aryl methyl sites for hydroxylation is 1. The normalized spacial score (nSPS) is 16.0. The van der Waals surface area contributed by atoms with E-state index in [0.29, 0.717) is 24.7 Å². The highest BCUT2D eigenvalue weighted by Gasteiger charge is 2.25. The molecule has 0 saturated carbocycles. The second kappa shape index (κ2) is 8.18. The largest absolute Gasteiger partial charge is 0.485 e. The molecule has 0 bridgehead atoms. The van der Waals surface area contributed by atoms with Crippen LogP contribution >= 0.6 is 0 Å². The molecule has 0 radical (unpaired) electrons. The van der Waals surface area contributed by atoms with E-state index in [4.69, 9.17) is 19.4 Å². The summed E-state index contributed by atoms with van der Waals surface area (Å²) in [6, 6.07) is 3.70. The van der Waals surface area contributed by atoms with Gasteiger partial charge >= 0.3 is 0 Å². The van der Waals surface area contributed by atoms with Crippen molar-refractivity contribution in [3.8, 4) is 17.3 Å². The quantitative estimate of drug-likeness (QED) is 0.779. The van der Waals surface area contributed by atoms with Gasteiger partial charge in [-0.25, -0.2) is 9.97 Å². The van der Waals surface area contributed by atoms with E-state index < -0.39 is 0 Å². The number of nitrogens with zero attached hydrogens (tertiary/aromatic N) is 4. The number of likely N-dealkylation sites (N-methyl/N-ethyl adjacent to an activating group) is 1. The fourth-order valence-electron chi connectivity index (χ4n) is 3.67. The van der Waals surface area contributed by atoms with Crippen molar-refractivity contribution in [3.05, 3.63) is 29.6 Å². The molecule has 3 heterocycles. The minimum Gasteiger partial charge on any atom is -0.485 e. The Bertz CT molecular complexity index is 937. The van der Waals surface area contributed by atoms with Crippen molar-refractivity contribution in [1.82, 2.24) is 20.3 Å². The Labute approximate surface area is 177 Å². The first-order valence-corrected chi connectivity index (χ1v) is 10.4. The SMILES string of the molecule is CN(CC(=O)NC(C)(C)C)c1nc(-c2cc(OC3COC3)ccn2)nc2c1CCC2. The molecule has 1 N–H and O–H groups in total. The number of pyridine rings is 1. The zero-order chi connectivity index (χ0) is 21.3. The van der Waals surface area contributed by atoms with Crippen molar-refractivity contribution >= 4 is 11.7 Å². The summed E-state index contributed by atoms with van der Waals surface area (Å²) in [6.07, 6.45) is 4.68. The number of carbonyl (C=O) groups excluding carboxylic acids is 1. The number of hydrogen-bond donors (Lipinski definition) is 1. The van der Waals surface area contributed by atoms with Gasteiger partial charge in [-0.05, 0) is 46.1 Å². The number of fused-ring (bicyclic) bond motifs is 1. The van der Waals surface area contributed by atoms with Crippen molar-refractivity contribution in [2.24, 2.45) is 0 Å². The molecule has 1 fully saturated rings. The zero-order valence-corrected chi connectivity index (χ0v) is 18.1. The van der Waals surface area contributed by atoms with E-state index in [1.807, 2.05) is 44.9 Å². The molecule has 0 unspecified atom stereocenters. The Kier molecular flexibility index (Phi) is 5.60. The van der Waals surface area contributed by atoms with Crippen LogP contribution in [0.25, 0.3) is 11.5 Å². The lowest BCUT2D eigenvalue weighted by molar-refractivity contribution is -0.121. The molecule has 8 heteroatoms. The second-order valence-corrected chi connectivity index (χ2v) is 8.96. The molecule has 2 aromatic rings. The molecule has 0 spiro atoms. The van der Waals surface area contributed by atoms with Crippen molar-refractivity contribution in [3.63, 3.8) is 0 Å². The van der Waals surface area contributed by atoms with E-state index in [1.54, 1.807) is 6.20 Å². The monoisotopic (exact) mass is 411 g/mol. The summed E-state index contributed by atoms with van der Waals surface area (Å²) >= 11 is 0. The molecule has 1 aliphatic heterocycles. The van der Waals surface area contributed by atoms with E-state index in [9.17, 15) is 4.79 Å². The van der Waals surface area contributed by atoms with Gasteiger partial charge < -0.3 is 19.7 Å². The van der Waals surface area contributed by atoms with E-state index >= 15 is 0 Å². The minimum atomic E-state index is -0.271. The molecule has 8 nitrogen and oxygen atoms in total. The minimum absolute atomic E-state index is 0.0341. The predicted octanol–water partition coefficient (Wildman–Crippen LogP) is 2.16. The zero-order valence-electron chi connectivity index (χ0n) is 18.1. The highest BCUT2D eigenvalue weighted by Crippen LogP contribution is 2.31. The van der Waals surface area contributed by atoms with E-state index in [-0.39, 0.29) is 24.1 Å². The molecule has 0 atom stereocenters. The number of rotatable bonds is 6. The predicted molar refractivity (Wildman–Crippen MR) is 114 cm³/mol. The second-order valence-electron chi connectivity index (χ2n) is 8.96. The third-order valence-electron chi connectivity index (χ3n) is 5.04. The number of ether oxygens (including phenoxy) is 2. The number of anilines is 1. The van der Waals surface area contributed by atoms with Crippen LogP contribution in [-0.2, 0) is 22.4 Å². The first-order valence-electron chi connectivity index (χ1n) is 10.4. The van der Waals surface area contributed by atoms with Crippen LogP contribution in [0.4, 0.5) is 5.82 Å². The van der Waals surface area contributed by atoms with Gasteiger partial charge in [-0.2, -0.15) is 0 Å². The Morgan fingerprint density at radius 1 is 1.30 bits per heavy atom. The van der Waals surface area contributed by atoms with Gasteiger partial charge in [-0.15, -0.1) is 0 Å². The Hall–Kier alpha value is -2.74. The van der Waals surface area contributed by atoms with E-state index in [1.165, 1.54) is 0 Å². The Morgan fingerprint density at radius 2 is 2.10 bits per heavy atom. The first kappa shape index (κ1) is 20.5. The number of nitrogens with one attached hydrogen (secondary N) is 1. The Morgan fingerprint density at radius 3 is 2.80 bits per heavy atom. The topological polar surface area (TPSA) is 89.5 Å². The van der Waals surface area contributed by atoms with Crippen molar-refractivity contribution in [2.75, 3.05) is 31.7 Å². The van der Waals surface area contributed by atoms with Crippen LogP contribution in [0.3, 0.4) is 0 Å². The molecule has 1 amide bonds. The number of aromatic nitrogens is 3. The summed E-state index contributed by atoms with van der Waals surface area (Å²) in [5, 5.41) is 3.01. The van der Waals surface area contributed by atoms with Crippen LogP contribution in [0.5, 0.6) is 5.75 Å². The van der Waals surface area contributed by atoms with Gasteiger partial charge in [0.2, 0.25) is 5.91 Å².